The SMILES string of the molecule is CCCCN(C)C(=O)c1ccc(S(N)(=O)=O)cc1F. The fourth-order valence-electron chi connectivity index (χ4n) is 1.55. The number of nitrogens with zero attached hydrogens (tertiary/aromatic N) is 1. The van der Waals surface area contributed by atoms with Gasteiger partial charge in [-0.2, -0.15) is 0 Å². The van der Waals surface area contributed by atoms with Crippen LogP contribution < -0.4 is 5.14 Å². The lowest BCUT2D eigenvalue weighted by atomic mass is 10.2. The van der Waals surface area contributed by atoms with Gasteiger partial charge in [-0.1, -0.05) is 13.3 Å². The summed E-state index contributed by atoms with van der Waals surface area (Å²) in [6.07, 6.45) is 1.74. The van der Waals surface area contributed by atoms with Crippen LogP contribution in [0.15, 0.2) is 23.1 Å². The summed E-state index contributed by atoms with van der Waals surface area (Å²) in [5, 5.41) is 4.89. The number of primary sulfonamides is 1. The zero-order valence-electron chi connectivity index (χ0n) is 10.9. The Labute approximate surface area is 112 Å². The van der Waals surface area contributed by atoms with E-state index in [1.807, 2.05) is 6.92 Å². The monoisotopic (exact) mass is 288 g/mol. The Morgan fingerprint density at radius 3 is 2.53 bits per heavy atom. The summed E-state index contributed by atoms with van der Waals surface area (Å²) in [4.78, 5) is 13.0. The van der Waals surface area contributed by atoms with Crippen LogP contribution in [0.4, 0.5) is 4.39 Å². The molecule has 0 saturated carbocycles. The molecule has 0 heterocycles. The predicted molar refractivity (Wildman–Crippen MR) is 69.6 cm³/mol. The minimum absolute atomic E-state index is 0.161. The van der Waals surface area contributed by atoms with Gasteiger partial charge in [-0.25, -0.2) is 17.9 Å². The van der Waals surface area contributed by atoms with Gasteiger partial charge in [-0.15, -0.1) is 0 Å². The normalized spacial score (nSPS) is 11.4. The van der Waals surface area contributed by atoms with Crippen molar-refractivity contribution >= 4 is 15.9 Å². The van der Waals surface area contributed by atoms with Crippen molar-refractivity contribution in [1.82, 2.24) is 4.90 Å². The largest absolute Gasteiger partial charge is 0.342 e. The molecular formula is C12H17FN2O3S. The highest BCUT2D eigenvalue weighted by Gasteiger charge is 2.18. The van der Waals surface area contributed by atoms with E-state index >= 15 is 0 Å². The van der Waals surface area contributed by atoms with Crippen molar-refractivity contribution in [3.63, 3.8) is 0 Å². The molecule has 0 atom stereocenters. The highest BCUT2D eigenvalue weighted by molar-refractivity contribution is 7.89. The second kappa shape index (κ2) is 6.12. The summed E-state index contributed by atoms with van der Waals surface area (Å²) in [5.74, 6) is -1.37. The lowest BCUT2D eigenvalue weighted by molar-refractivity contribution is 0.0788. The van der Waals surface area contributed by atoms with Crippen molar-refractivity contribution in [3.05, 3.63) is 29.6 Å². The molecule has 0 saturated heterocycles. The Morgan fingerprint density at radius 1 is 1.42 bits per heavy atom. The average Bonchev–Trinajstić information content (AvgIpc) is 2.33. The van der Waals surface area contributed by atoms with Gasteiger partial charge in [0.25, 0.3) is 5.91 Å². The van der Waals surface area contributed by atoms with E-state index in [-0.39, 0.29) is 10.5 Å². The van der Waals surface area contributed by atoms with E-state index in [9.17, 15) is 17.6 Å². The van der Waals surface area contributed by atoms with Gasteiger partial charge >= 0.3 is 0 Å². The number of hydrogen-bond donors (Lipinski definition) is 1. The van der Waals surface area contributed by atoms with E-state index in [1.54, 1.807) is 7.05 Å². The molecule has 0 bridgehead atoms. The summed E-state index contributed by atoms with van der Waals surface area (Å²) in [6.45, 7) is 2.51. The Kier molecular flexibility index (Phi) is 5.02. The van der Waals surface area contributed by atoms with Gasteiger partial charge in [0, 0.05) is 13.6 Å². The van der Waals surface area contributed by atoms with Crippen LogP contribution in [-0.2, 0) is 10.0 Å². The molecule has 0 aliphatic rings. The number of unbranched alkanes of at least 4 members (excludes halogenated alkanes) is 1. The van der Waals surface area contributed by atoms with Gasteiger partial charge in [0.1, 0.15) is 5.82 Å². The highest BCUT2D eigenvalue weighted by Crippen LogP contribution is 2.15. The van der Waals surface area contributed by atoms with Gasteiger partial charge < -0.3 is 4.90 Å². The molecule has 19 heavy (non-hydrogen) atoms. The number of amides is 1. The number of hydrogen-bond acceptors (Lipinski definition) is 3. The van der Waals surface area contributed by atoms with Crippen LogP contribution in [-0.4, -0.2) is 32.8 Å². The second-order valence-electron chi connectivity index (χ2n) is 4.27. The van der Waals surface area contributed by atoms with E-state index in [0.29, 0.717) is 6.54 Å². The lowest BCUT2D eigenvalue weighted by Gasteiger charge is -2.17. The summed E-state index contributed by atoms with van der Waals surface area (Å²) in [7, 11) is -2.39. The summed E-state index contributed by atoms with van der Waals surface area (Å²) in [5.41, 5.74) is -0.161. The molecule has 106 valence electrons. The lowest BCUT2D eigenvalue weighted by Crippen LogP contribution is -2.28. The molecule has 0 aliphatic carbocycles. The number of nitrogens with two attached hydrogens (primary N) is 1. The van der Waals surface area contributed by atoms with Crippen molar-refractivity contribution < 1.29 is 17.6 Å². The molecule has 0 aromatic heterocycles. The first-order valence-electron chi connectivity index (χ1n) is 5.85. The predicted octanol–water partition coefficient (Wildman–Crippen LogP) is 1.35. The molecule has 0 spiro atoms. The number of carbonyl (C=O) groups excluding carboxylic acids is 1. The average molecular weight is 288 g/mol. The maximum atomic E-state index is 13.7. The van der Waals surface area contributed by atoms with Crippen LogP contribution in [0.5, 0.6) is 0 Å². The maximum absolute atomic E-state index is 13.7. The fraction of sp³-hybridized carbons (Fsp3) is 0.417. The zero-order valence-corrected chi connectivity index (χ0v) is 11.7. The fourth-order valence-corrected chi connectivity index (χ4v) is 2.07. The first kappa shape index (κ1) is 15.6. The van der Waals surface area contributed by atoms with Crippen LogP contribution in [0, 0.1) is 5.82 Å². The van der Waals surface area contributed by atoms with Gasteiger partial charge in [-0.3, -0.25) is 4.79 Å². The topological polar surface area (TPSA) is 80.5 Å². The quantitative estimate of drug-likeness (QED) is 0.888. The Balaban J connectivity index is 3.00. The number of sulfonamides is 1. The smallest absolute Gasteiger partial charge is 0.256 e. The third-order valence-electron chi connectivity index (χ3n) is 2.69. The molecule has 2 N–H and O–H groups in total. The molecule has 1 aromatic carbocycles. The van der Waals surface area contributed by atoms with Gasteiger partial charge in [0.2, 0.25) is 10.0 Å². The maximum Gasteiger partial charge on any atom is 0.256 e. The molecule has 0 fully saturated rings. The Bertz CT molecular complexity index is 572. The zero-order chi connectivity index (χ0) is 14.6. The molecule has 1 amide bonds. The van der Waals surface area contributed by atoms with Crippen molar-refractivity contribution in [2.24, 2.45) is 5.14 Å². The number of rotatable bonds is 5. The third-order valence-corrected chi connectivity index (χ3v) is 3.60. The first-order valence-corrected chi connectivity index (χ1v) is 7.39. The van der Waals surface area contributed by atoms with Crippen molar-refractivity contribution in [1.29, 1.82) is 0 Å². The van der Waals surface area contributed by atoms with Gasteiger partial charge in [0.05, 0.1) is 10.5 Å². The molecule has 5 nitrogen and oxygen atoms in total. The van der Waals surface area contributed by atoms with Crippen LogP contribution in [0.2, 0.25) is 0 Å². The summed E-state index contributed by atoms with van der Waals surface area (Å²) < 4.78 is 35.9. The van der Waals surface area contributed by atoms with Crippen molar-refractivity contribution in [3.8, 4) is 0 Å². The number of benzene rings is 1. The van der Waals surface area contributed by atoms with Crippen LogP contribution >= 0.6 is 0 Å². The highest BCUT2D eigenvalue weighted by atomic mass is 32.2. The van der Waals surface area contributed by atoms with Crippen LogP contribution in [0.3, 0.4) is 0 Å². The minimum atomic E-state index is -3.97. The van der Waals surface area contributed by atoms with Crippen LogP contribution in [0.25, 0.3) is 0 Å². The molecule has 7 heteroatoms. The van der Waals surface area contributed by atoms with Gasteiger partial charge in [0.15, 0.2) is 0 Å². The third kappa shape index (κ3) is 4.00. The minimum Gasteiger partial charge on any atom is -0.342 e. The second-order valence-corrected chi connectivity index (χ2v) is 5.83. The molecular weight excluding hydrogens is 271 g/mol. The van der Waals surface area contributed by atoms with Crippen molar-refractivity contribution in [2.75, 3.05) is 13.6 Å². The summed E-state index contributed by atoms with van der Waals surface area (Å²) in [6, 6.07) is 3.02. The van der Waals surface area contributed by atoms with Gasteiger partial charge in [-0.05, 0) is 24.6 Å². The molecule has 0 aliphatic heterocycles. The van der Waals surface area contributed by atoms with E-state index < -0.39 is 21.7 Å². The Hall–Kier alpha value is -1.47. The van der Waals surface area contributed by atoms with Crippen LogP contribution in [0.1, 0.15) is 30.1 Å². The molecule has 0 unspecified atom stereocenters. The van der Waals surface area contributed by atoms with E-state index in [2.05, 4.69) is 0 Å². The van der Waals surface area contributed by atoms with E-state index in [4.69, 9.17) is 5.14 Å². The molecule has 1 aromatic rings. The van der Waals surface area contributed by atoms with E-state index in [1.165, 1.54) is 4.90 Å². The first-order chi connectivity index (χ1) is 8.77. The number of carbonyl (C=O) groups is 1. The molecule has 0 radical (unpaired) electrons. The Morgan fingerprint density at radius 2 is 2.05 bits per heavy atom. The standard InChI is InChI=1S/C12H17FN2O3S/c1-3-4-7-15(2)12(16)10-6-5-9(8-11(10)13)19(14,17)18/h5-6,8H,3-4,7H2,1-2H3,(H2,14,17,18). The van der Waals surface area contributed by atoms with Crippen molar-refractivity contribution in [2.45, 2.75) is 24.7 Å². The number of halogens is 1. The molecule has 1 rings (SSSR count). The van der Waals surface area contributed by atoms with E-state index in [0.717, 1.165) is 31.0 Å². The summed E-state index contributed by atoms with van der Waals surface area (Å²) >= 11 is 0.